The van der Waals surface area contributed by atoms with Gasteiger partial charge >= 0.3 is 0 Å². The van der Waals surface area contributed by atoms with Crippen LogP contribution in [0.3, 0.4) is 0 Å². The van der Waals surface area contributed by atoms with Crippen LogP contribution in [0.1, 0.15) is 52.4 Å². The van der Waals surface area contributed by atoms with Gasteiger partial charge < -0.3 is 11.1 Å². The molecule has 0 heterocycles. The van der Waals surface area contributed by atoms with E-state index >= 15 is 0 Å². The van der Waals surface area contributed by atoms with Crippen molar-refractivity contribution in [3.63, 3.8) is 0 Å². The van der Waals surface area contributed by atoms with Gasteiger partial charge in [0, 0.05) is 18.0 Å². The lowest BCUT2D eigenvalue weighted by molar-refractivity contribution is -0.124. The molecule has 1 atom stereocenters. The molecule has 0 saturated heterocycles. The van der Waals surface area contributed by atoms with Crippen molar-refractivity contribution in [3.8, 4) is 0 Å². The first-order valence-corrected chi connectivity index (χ1v) is 5.64. The largest absolute Gasteiger partial charge is 0.351 e. The Morgan fingerprint density at radius 2 is 2.21 bits per heavy atom. The van der Waals surface area contributed by atoms with Gasteiger partial charge in [-0.05, 0) is 39.0 Å². The number of hydrogen-bond donors (Lipinski definition) is 2. The van der Waals surface area contributed by atoms with E-state index in [0.717, 1.165) is 25.7 Å². The number of nitrogens with one attached hydrogen (secondary N) is 1. The van der Waals surface area contributed by atoms with Gasteiger partial charge in [-0.1, -0.05) is 6.92 Å². The second kappa shape index (κ2) is 4.78. The molecule has 1 aliphatic carbocycles. The third kappa shape index (κ3) is 2.98. The fourth-order valence-electron chi connectivity index (χ4n) is 1.89. The van der Waals surface area contributed by atoms with Crippen molar-refractivity contribution >= 4 is 5.91 Å². The van der Waals surface area contributed by atoms with Crippen molar-refractivity contribution in [2.75, 3.05) is 0 Å². The Bertz CT molecular complexity index is 192. The molecule has 0 bridgehead atoms. The van der Waals surface area contributed by atoms with Crippen molar-refractivity contribution < 1.29 is 4.79 Å². The zero-order valence-corrected chi connectivity index (χ0v) is 9.31. The summed E-state index contributed by atoms with van der Waals surface area (Å²) < 4.78 is 0. The fraction of sp³-hybridized carbons (Fsp3) is 0.909. The summed E-state index contributed by atoms with van der Waals surface area (Å²) in [5.41, 5.74) is 5.74. The zero-order valence-electron chi connectivity index (χ0n) is 9.31. The highest BCUT2D eigenvalue weighted by Gasteiger charge is 2.36. The molecule has 1 saturated carbocycles. The van der Waals surface area contributed by atoms with E-state index in [4.69, 9.17) is 5.73 Å². The van der Waals surface area contributed by atoms with Crippen LogP contribution in [0, 0.1) is 0 Å². The molecule has 0 aromatic carbocycles. The normalized spacial score (nSPS) is 21.1. The van der Waals surface area contributed by atoms with Crippen molar-refractivity contribution in [1.29, 1.82) is 0 Å². The van der Waals surface area contributed by atoms with Gasteiger partial charge in [-0.15, -0.1) is 0 Å². The molecule has 1 amide bonds. The van der Waals surface area contributed by atoms with Crippen molar-refractivity contribution in [3.05, 3.63) is 0 Å². The minimum atomic E-state index is 0.125. The maximum absolute atomic E-state index is 11.5. The number of rotatable bonds is 5. The molecule has 0 aliphatic heterocycles. The third-order valence-corrected chi connectivity index (χ3v) is 3.22. The highest BCUT2D eigenvalue weighted by molar-refractivity contribution is 5.76. The number of carbonyl (C=O) groups excluding carboxylic acids is 1. The van der Waals surface area contributed by atoms with E-state index < -0.39 is 0 Å². The Balaban J connectivity index is 2.25. The second-order valence-electron chi connectivity index (χ2n) is 4.55. The standard InChI is InChI=1S/C11H22N2O/c1-3-11(7-4-8-11)13-10(14)6-5-9(2)12/h9H,3-8,12H2,1-2H3,(H,13,14). The first-order chi connectivity index (χ1) is 6.58. The van der Waals surface area contributed by atoms with E-state index in [9.17, 15) is 4.79 Å². The minimum Gasteiger partial charge on any atom is -0.351 e. The highest BCUT2D eigenvalue weighted by atomic mass is 16.1. The predicted molar refractivity (Wildman–Crippen MR) is 57.9 cm³/mol. The number of carbonyl (C=O) groups is 1. The van der Waals surface area contributed by atoms with Crippen molar-refractivity contribution in [1.82, 2.24) is 5.32 Å². The number of nitrogens with two attached hydrogens (primary N) is 1. The minimum absolute atomic E-state index is 0.125. The zero-order chi connectivity index (χ0) is 10.6. The first-order valence-electron chi connectivity index (χ1n) is 5.64. The molecule has 1 unspecified atom stereocenters. The van der Waals surface area contributed by atoms with E-state index in [0.29, 0.717) is 6.42 Å². The van der Waals surface area contributed by atoms with Gasteiger partial charge in [-0.3, -0.25) is 4.79 Å². The lowest BCUT2D eigenvalue weighted by atomic mass is 9.75. The molecule has 1 rings (SSSR count). The topological polar surface area (TPSA) is 55.1 Å². The molecule has 14 heavy (non-hydrogen) atoms. The quantitative estimate of drug-likeness (QED) is 0.704. The van der Waals surface area contributed by atoms with Crippen molar-refractivity contribution in [2.24, 2.45) is 5.73 Å². The Morgan fingerprint density at radius 1 is 1.57 bits per heavy atom. The van der Waals surface area contributed by atoms with Crippen LogP contribution in [-0.2, 0) is 4.79 Å². The molecule has 0 aromatic rings. The molecule has 3 nitrogen and oxygen atoms in total. The molecule has 82 valence electrons. The van der Waals surface area contributed by atoms with Crippen molar-refractivity contribution in [2.45, 2.75) is 64.0 Å². The summed E-state index contributed by atoms with van der Waals surface area (Å²) in [6.45, 7) is 4.08. The van der Waals surface area contributed by atoms with Crippen LogP contribution in [0.5, 0.6) is 0 Å². The summed E-state index contributed by atoms with van der Waals surface area (Å²) in [5.74, 6) is 0.170. The average molecular weight is 198 g/mol. The van der Waals surface area contributed by atoms with Crippen LogP contribution in [0.15, 0.2) is 0 Å². The monoisotopic (exact) mass is 198 g/mol. The van der Waals surface area contributed by atoms with Crippen LogP contribution in [0.4, 0.5) is 0 Å². The Labute approximate surface area is 86.4 Å². The van der Waals surface area contributed by atoms with E-state index in [1.807, 2.05) is 6.92 Å². The maximum atomic E-state index is 11.5. The van der Waals surface area contributed by atoms with Gasteiger partial charge in [-0.25, -0.2) is 0 Å². The van der Waals surface area contributed by atoms with Crippen LogP contribution in [-0.4, -0.2) is 17.5 Å². The lowest BCUT2D eigenvalue weighted by Crippen LogP contribution is -2.53. The van der Waals surface area contributed by atoms with Gasteiger partial charge in [0.2, 0.25) is 5.91 Å². The second-order valence-corrected chi connectivity index (χ2v) is 4.55. The Kier molecular flexibility index (Phi) is 3.93. The maximum Gasteiger partial charge on any atom is 0.220 e. The average Bonchev–Trinajstić information content (AvgIpc) is 2.08. The van der Waals surface area contributed by atoms with Crippen LogP contribution < -0.4 is 11.1 Å². The van der Waals surface area contributed by atoms with E-state index in [1.54, 1.807) is 0 Å². The molecule has 0 aromatic heterocycles. The molecule has 1 fully saturated rings. The molecule has 1 aliphatic rings. The van der Waals surface area contributed by atoms with Crippen LogP contribution in [0.2, 0.25) is 0 Å². The van der Waals surface area contributed by atoms with Gasteiger partial charge in [-0.2, -0.15) is 0 Å². The molecule has 3 N–H and O–H groups in total. The molecular weight excluding hydrogens is 176 g/mol. The smallest absolute Gasteiger partial charge is 0.220 e. The summed E-state index contributed by atoms with van der Waals surface area (Å²) >= 11 is 0. The number of hydrogen-bond acceptors (Lipinski definition) is 2. The predicted octanol–water partition coefficient (Wildman–Crippen LogP) is 1.56. The summed E-state index contributed by atoms with van der Waals surface area (Å²) in [6, 6.07) is 0.125. The Morgan fingerprint density at radius 3 is 2.57 bits per heavy atom. The molecule has 3 heteroatoms. The van der Waals surface area contributed by atoms with Gasteiger partial charge in [0.1, 0.15) is 0 Å². The SMILES string of the molecule is CCC1(NC(=O)CCC(C)N)CCC1. The van der Waals surface area contributed by atoms with Gasteiger partial charge in [0.25, 0.3) is 0 Å². The molecule has 0 spiro atoms. The van der Waals surface area contributed by atoms with Gasteiger partial charge in [0.15, 0.2) is 0 Å². The summed E-state index contributed by atoms with van der Waals surface area (Å²) in [7, 11) is 0. The highest BCUT2D eigenvalue weighted by Crippen LogP contribution is 2.34. The van der Waals surface area contributed by atoms with E-state index in [2.05, 4.69) is 12.2 Å². The first kappa shape index (κ1) is 11.5. The summed E-state index contributed by atoms with van der Waals surface area (Å²) in [6.07, 6.45) is 5.95. The van der Waals surface area contributed by atoms with E-state index in [1.165, 1.54) is 6.42 Å². The van der Waals surface area contributed by atoms with E-state index in [-0.39, 0.29) is 17.5 Å². The fourth-order valence-corrected chi connectivity index (χ4v) is 1.89. The molecular formula is C11H22N2O. The van der Waals surface area contributed by atoms with Gasteiger partial charge in [0.05, 0.1) is 0 Å². The number of amides is 1. The third-order valence-electron chi connectivity index (χ3n) is 3.22. The van der Waals surface area contributed by atoms with Crippen LogP contribution >= 0.6 is 0 Å². The summed E-state index contributed by atoms with van der Waals surface area (Å²) in [4.78, 5) is 11.5. The summed E-state index contributed by atoms with van der Waals surface area (Å²) in [5, 5.41) is 3.14. The van der Waals surface area contributed by atoms with Crippen LogP contribution in [0.25, 0.3) is 0 Å². The Hall–Kier alpha value is -0.570. The molecule has 0 radical (unpaired) electrons. The lowest BCUT2D eigenvalue weighted by Gasteiger charge is -2.42.